The molecule has 27 heavy (non-hydrogen) atoms. The first-order valence-electron chi connectivity index (χ1n) is 10.2. The fourth-order valence-electron chi connectivity index (χ4n) is 4.81. The summed E-state index contributed by atoms with van der Waals surface area (Å²) in [6.45, 7) is 9.00. The first kappa shape index (κ1) is 18.2. The van der Waals surface area contributed by atoms with Crippen molar-refractivity contribution < 1.29 is 4.79 Å². The highest BCUT2D eigenvalue weighted by Crippen LogP contribution is 2.40. The first-order valence-corrected chi connectivity index (χ1v) is 10.2. The van der Waals surface area contributed by atoms with Gasteiger partial charge in [0.1, 0.15) is 5.54 Å². The minimum Gasteiger partial charge on any atom is -0.339 e. The molecule has 2 aliphatic rings. The van der Waals surface area contributed by atoms with Gasteiger partial charge >= 0.3 is 0 Å². The lowest BCUT2D eigenvalue weighted by Crippen LogP contribution is -2.61. The van der Waals surface area contributed by atoms with Gasteiger partial charge in [-0.15, -0.1) is 0 Å². The van der Waals surface area contributed by atoms with E-state index in [4.69, 9.17) is 0 Å². The Labute approximate surface area is 161 Å². The molecule has 0 saturated carbocycles. The molecule has 1 aromatic heterocycles. The summed E-state index contributed by atoms with van der Waals surface area (Å²) in [5.41, 5.74) is 4.33. The van der Waals surface area contributed by atoms with E-state index in [-0.39, 0.29) is 11.6 Å². The van der Waals surface area contributed by atoms with Crippen molar-refractivity contribution in [1.82, 2.24) is 20.0 Å². The smallest absolute Gasteiger partial charge is 0.243 e. The number of aromatic amines is 1. The standard InChI is InChI=1S/C22H30N4O/c1-16(2)26-13-5-11-22(21(26)27)10-4-12-25(22)15-19-14-23-24-20(19)18-8-6-17(3)7-9-18/h6-9,14,16H,4-5,10-13,15H2,1-3H3,(H,23,24). The molecule has 5 nitrogen and oxygen atoms in total. The first-order chi connectivity index (χ1) is 13.0. The predicted molar refractivity (Wildman–Crippen MR) is 107 cm³/mol. The summed E-state index contributed by atoms with van der Waals surface area (Å²) in [6, 6.07) is 8.80. The zero-order valence-corrected chi connectivity index (χ0v) is 16.7. The molecule has 2 fully saturated rings. The number of amides is 1. The monoisotopic (exact) mass is 366 g/mol. The number of aryl methyl sites for hydroxylation is 1. The molecule has 5 heteroatoms. The molecule has 2 aromatic rings. The summed E-state index contributed by atoms with van der Waals surface area (Å²) in [5.74, 6) is 0.335. The van der Waals surface area contributed by atoms with Crippen LogP contribution >= 0.6 is 0 Å². The minimum atomic E-state index is -0.315. The molecule has 0 bridgehead atoms. The quantitative estimate of drug-likeness (QED) is 0.897. The Morgan fingerprint density at radius 2 is 1.85 bits per heavy atom. The molecule has 1 spiro atoms. The number of hydrogen-bond acceptors (Lipinski definition) is 3. The molecule has 2 saturated heterocycles. The number of H-pyrrole nitrogens is 1. The molecular weight excluding hydrogens is 336 g/mol. The van der Waals surface area contributed by atoms with Crippen molar-refractivity contribution in [3.05, 3.63) is 41.6 Å². The van der Waals surface area contributed by atoms with Crippen LogP contribution in [-0.2, 0) is 11.3 Å². The number of hydrogen-bond donors (Lipinski definition) is 1. The maximum absolute atomic E-state index is 13.4. The van der Waals surface area contributed by atoms with E-state index in [1.165, 1.54) is 11.1 Å². The van der Waals surface area contributed by atoms with Crippen LogP contribution in [0.4, 0.5) is 0 Å². The van der Waals surface area contributed by atoms with E-state index in [2.05, 4.69) is 65.0 Å². The van der Waals surface area contributed by atoms with E-state index < -0.39 is 0 Å². The molecular formula is C22H30N4O. The highest BCUT2D eigenvalue weighted by atomic mass is 16.2. The number of carbonyl (C=O) groups is 1. The molecule has 144 valence electrons. The van der Waals surface area contributed by atoms with Gasteiger partial charge in [0.15, 0.2) is 0 Å². The summed E-state index contributed by atoms with van der Waals surface area (Å²) in [7, 11) is 0. The van der Waals surface area contributed by atoms with Gasteiger partial charge in [-0.25, -0.2) is 0 Å². The zero-order valence-electron chi connectivity index (χ0n) is 16.7. The van der Waals surface area contributed by atoms with Gasteiger partial charge in [-0.3, -0.25) is 14.8 Å². The Balaban J connectivity index is 1.61. The van der Waals surface area contributed by atoms with E-state index in [0.29, 0.717) is 5.91 Å². The van der Waals surface area contributed by atoms with Crippen LogP contribution in [0.1, 0.15) is 50.7 Å². The van der Waals surface area contributed by atoms with Crippen molar-refractivity contribution in [2.24, 2.45) is 0 Å². The number of carbonyl (C=O) groups excluding carboxylic acids is 1. The number of benzene rings is 1. The SMILES string of the molecule is Cc1ccc(-c2[nH]ncc2CN2CCCC23CCCN(C(C)C)C3=O)cc1. The van der Waals surface area contributed by atoms with Gasteiger partial charge in [-0.2, -0.15) is 5.10 Å². The van der Waals surface area contributed by atoms with Gasteiger partial charge < -0.3 is 4.90 Å². The molecule has 1 N–H and O–H groups in total. The Morgan fingerprint density at radius 1 is 1.15 bits per heavy atom. The van der Waals surface area contributed by atoms with Crippen molar-refractivity contribution in [2.45, 2.75) is 64.6 Å². The molecule has 1 aromatic carbocycles. The molecule has 0 aliphatic carbocycles. The summed E-state index contributed by atoms with van der Waals surface area (Å²) in [4.78, 5) is 17.9. The van der Waals surface area contributed by atoms with Crippen LogP contribution in [0.3, 0.4) is 0 Å². The largest absolute Gasteiger partial charge is 0.339 e. The third-order valence-corrected chi connectivity index (χ3v) is 6.31. The van der Waals surface area contributed by atoms with Crippen LogP contribution in [0.5, 0.6) is 0 Å². The van der Waals surface area contributed by atoms with Crippen molar-refractivity contribution in [2.75, 3.05) is 13.1 Å². The highest BCUT2D eigenvalue weighted by molar-refractivity contribution is 5.87. The Hall–Kier alpha value is -2.14. The van der Waals surface area contributed by atoms with Crippen molar-refractivity contribution in [3.8, 4) is 11.3 Å². The molecule has 1 atom stereocenters. The lowest BCUT2D eigenvalue weighted by atomic mass is 9.84. The molecule has 2 aliphatic heterocycles. The van der Waals surface area contributed by atoms with E-state index in [1.54, 1.807) is 0 Å². The van der Waals surface area contributed by atoms with Crippen LogP contribution in [0.25, 0.3) is 11.3 Å². The number of nitrogens with zero attached hydrogens (tertiary/aromatic N) is 3. The average molecular weight is 367 g/mol. The number of piperidine rings is 1. The van der Waals surface area contributed by atoms with Crippen LogP contribution in [0.2, 0.25) is 0 Å². The summed E-state index contributed by atoms with van der Waals surface area (Å²) >= 11 is 0. The lowest BCUT2D eigenvalue weighted by molar-refractivity contribution is -0.149. The minimum absolute atomic E-state index is 0.272. The fourth-order valence-corrected chi connectivity index (χ4v) is 4.81. The second-order valence-electron chi connectivity index (χ2n) is 8.39. The summed E-state index contributed by atoms with van der Waals surface area (Å²) in [5, 5.41) is 7.48. The normalized spacial score (nSPS) is 23.7. The molecule has 4 rings (SSSR count). The third-order valence-electron chi connectivity index (χ3n) is 6.31. The molecule has 1 unspecified atom stereocenters. The van der Waals surface area contributed by atoms with E-state index in [0.717, 1.165) is 56.6 Å². The van der Waals surface area contributed by atoms with Gasteiger partial charge in [-0.1, -0.05) is 29.8 Å². The van der Waals surface area contributed by atoms with E-state index in [9.17, 15) is 4.79 Å². The van der Waals surface area contributed by atoms with Gasteiger partial charge in [0.2, 0.25) is 5.91 Å². The Morgan fingerprint density at radius 3 is 2.56 bits per heavy atom. The van der Waals surface area contributed by atoms with Gasteiger partial charge in [0.05, 0.1) is 11.9 Å². The second kappa shape index (κ2) is 7.12. The van der Waals surface area contributed by atoms with Crippen LogP contribution in [-0.4, -0.2) is 50.6 Å². The topological polar surface area (TPSA) is 52.2 Å². The number of aromatic nitrogens is 2. The van der Waals surface area contributed by atoms with Gasteiger partial charge in [0.25, 0.3) is 0 Å². The van der Waals surface area contributed by atoms with Gasteiger partial charge in [-0.05, 0) is 58.6 Å². The molecule has 3 heterocycles. The number of rotatable bonds is 4. The Bertz CT molecular complexity index is 810. The van der Waals surface area contributed by atoms with Crippen molar-refractivity contribution >= 4 is 5.91 Å². The Kier molecular flexibility index (Phi) is 4.81. The zero-order chi connectivity index (χ0) is 19.0. The number of nitrogens with one attached hydrogen (secondary N) is 1. The maximum atomic E-state index is 13.4. The number of likely N-dealkylation sites (tertiary alicyclic amines) is 2. The van der Waals surface area contributed by atoms with Crippen molar-refractivity contribution in [1.29, 1.82) is 0 Å². The van der Waals surface area contributed by atoms with E-state index in [1.807, 2.05) is 6.20 Å². The predicted octanol–water partition coefficient (Wildman–Crippen LogP) is 3.75. The van der Waals surface area contributed by atoms with Crippen molar-refractivity contribution in [3.63, 3.8) is 0 Å². The van der Waals surface area contributed by atoms with Crippen LogP contribution in [0, 0.1) is 6.92 Å². The highest BCUT2D eigenvalue weighted by Gasteiger charge is 2.51. The molecule has 0 radical (unpaired) electrons. The maximum Gasteiger partial charge on any atom is 0.243 e. The van der Waals surface area contributed by atoms with Crippen LogP contribution in [0.15, 0.2) is 30.5 Å². The summed E-state index contributed by atoms with van der Waals surface area (Å²) in [6.07, 6.45) is 6.07. The van der Waals surface area contributed by atoms with Gasteiger partial charge in [0, 0.05) is 24.7 Å². The van der Waals surface area contributed by atoms with Crippen LogP contribution < -0.4 is 0 Å². The molecule has 1 amide bonds. The fraction of sp³-hybridized carbons (Fsp3) is 0.545. The second-order valence-corrected chi connectivity index (χ2v) is 8.39. The summed E-state index contributed by atoms with van der Waals surface area (Å²) < 4.78 is 0. The third kappa shape index (κ3) is 3.18. The lowest BCUT2D eigenvalue weighted by Gasteiger charge is -2.46. The van der Waals surface area contributed by atoms with E-state index >= 15 is 0 Å². The average Bonchev–Trinajstić information content (AvgIpc) is 3.26.